The molecule has 14 heteroatoms. The van der Waals surface area contributed by atoms with E-state index in [0.29, 0.717) is 52.6 Å². The van der Waals surface area contributed by atoms with Crippen molar-refractivity contribution in [3.8, 4) is 0 Å². The molecule has 14 rings (SSSR count). The van der Waals surface area contributed by atoms with Crippen LogP contribution in [0.1, 0.15) is 303 Å². The molecule has 2 saturated carbocycles. The average molecular weight is 1550 g/mol. The third-order valence-corrected chi connectivity index (χ3v) is 28.5. The minimum absolute atomic E-state index is 0.0106. The fourth-order valence-corrected chi connectivity index (χ4v) is 20.8. The highest BCUT2D eigenvalue weighted by Gasteiger charge is 2.70. The Kier molecular flexibility index (Phi) is 32.8. The fraction of sp³-hybridized carbons (Fsp3) is 0.771. The molecule has 0 radical (unpaired) electrons. The van der Waals surface area contributed by atoms with Crippen LogP contribution in [0.3, 0.4) is 0 Å². The maximum absolute atomic E-state index is 6.11. The highest BCUT2D eigenvalue weighted by Crippen LogP contribution is 2.73. The van der Waals surface area contributed by atoms with Gasteiger partial charge in [0.2, 0.25) is 0 Å². The first-order chi connectivity index (χ1) is 51.5. The van der Waals surface area contributed by atoms with Crippen LogP contribution < -0.4 is 0 Å². The number of thioether (sulfide) groups is 1. The normalized spacial score (nSPS) is 35.4. The van der Waals surface area contributed by atoms with E-state index in [4.69, 9.17) is 61.6 Å². The number of hydrogen-bond acceptors (Lipinski definition) is 14. The second kappa shape index (κ2) is 39.0. The molecule has 0 amide bonds. The zero-order valence-electron chi connectivity index (χ0n) is 74.5. The van der Waals surface area contributed by atoms with Crippen LogP contribution in [0.4, 0.5) is 0 Å². The molecule has 8 fully saturated rings. The van der Waals surface area contributed by atoms with Gasteiger partial charge in [-0.1, -0.05) is 200 Å². The quantitative estimate of drug-likeness (QED) is 0.126. The highest BCUT2D eigenvalue weighted by molar-refractivity contribution is 8.00. The van der Waals surface area contributed by atoms with Crippen LogP contribution in [-0.2, 0) is 90.2 Å². The molecule has 17 atom stereocenters. The van der Waals surface area contributed by atoms with Gasteiger partial charge in [0.1, 0.15) is 5.44 Å². The Balaban J connectivity index is 0.000000163. The van der Waals surface area contributed by atoms with E-state index in [-0.39, 0.29) is 76.5 Å². The van der Waals surface area contributed by atoms with Crippen molar-refractivity contribution >= 4 is 11.8 Å². The zero-order valence-corrected chi connectivity index (χ0v) is 75.4. The third-order valence-electron chi connectivity index (χ3n) is 27.1. The molecule has 3 aromatic carbocycles. The number of allylic oxidation sites excluding steroid dienone is 4. The Morgan fingerprint density at radius 1 is 0.664 bits per heavy atom. The van der Waals surface area contributed by atoms with Crippen LogP contribution in [0.2, 0.25) is 0 Å². The molecular formula is C96H156O13S. The van der Waals surface area contributed by atoms with Crippen LogP contribution >= 0.6 is 11.8 Å². The molecule has 6 saturated heterocycles. The van der Waals surface area contributed by atoms with Gasteiger partial charge in [0, 0.05) is 66.1 Å². The summed E-state index contributed by atoms with van der Waals surface area (Å²) >= 11 is 1.99. The number of benzene rings is 3. The molecule has 110 heavy (non-hydrogen) atoms. The molecule has 5 aliphatic carbocycles. The van der Waals surface area contributed by atoms with Gasteiger partial charge in [-0.3, -0.25) is 0 Å². The van der Waals surface area contributed by atoms with Gasteiger partial charge in [-0.05, 0) is 234 Å². The van der Waals surface area contributed by atoms with Crippen LogP contribution in [0.5, 0.6) is 0 Å². The zero-order chi connectivity index (χ0) is 81.2. The molecule has 1 spiro atoms. The summed E-state index contributed by atoms with van der Waals surface area (Å²) in [7, 11) is 3.36. The second-order valence-corrected chi connectivity index (χ2v) is 40.5. The van der Waals surface area contributed by atoms with Crippen molar-refractivity contribution in [2.24, 2.45) is 63.1 Å². The van der Waals surface area contributed by atoms with Crippen molar-refractivity contribution in [3.63, 3.8) is 0 Å². The Morgan fingerprint density at radius 2 is 1.30 bits per heavy atom. The lowest BCUT2D eigenvalue weighted by Crippen LogP contribution is -2.52. The summed E-state index contributed by atoms with van der Waals surface area (Å²) in [5, 5.41) is 0.869. The number of rotatable bonds is 12. The Labute approximate surface area is 674 Å². The topological polar surface area (TPSA) is 120 Å². The Bertz CT molecular complexity index is 3340. The van der Waals surface area contributed by atoms with E-state index in [1.54, 1.807) is 14.2 Å². The number of methoxy groups -OCH3 is 2. The van der Waals surface area contributed by atoms with Crippen LogP contribution in [0.15, 0.2) is 96.1 Å². The maximum atomic E-state index is 6.11. The molecule has 6 heterocycles. The van der Waals surface area contributed by atoms with E-state index in [9.17, 15) is 0 Å². The minimum atomic E-state index is -0.591. The van der Waals surface area contributed by atoms with Crippen molar-refractivity contribution in [1.29, 1.82) is 0 Å². The molecular weight excluding hydrogens is 1390 g/mol. The Hall–Kier alpha value is -3.03. The SMILES string of the molecule is CC1CC(C)(c2ccccc2)OC(C)O1.CC1CC[C@@H]2[C@H](C13COC(C)(C)OC3)C2(C)C.CC1COC(C)(c2ccc3c(c2)C(C)(C)CCC3(C)C)O1.CC1OC(C)C2Cc3ccccc3C2O1.CCC(C)C1(C)COC(C2CCC(C)=CC2C)OC1.CCCC1CCOC(C)S1.COC(OC)C(C)(C)CC=C(C)C. The molecule has 0 bridgehead atoms. The van der Waals surface area contributed by atoms with Gasteiger partial charge in [0.15, 0.2) is 36.7 Å². The van der Waals surface area contributed by atoms with Gasteiger partial charge in [0.05, 0.1) is 63.1 Å². The monoisotopic (exact) mass is 1550 g/mol. The van der Waals surface area contributed by atoms with Crippen molar-refractivity contribution in [2.75, 3.05) is 53.9 Å². The van der Waals surface area contributed by atoms with Crippen molar-refractivity contribution in [2.45, 2.75) is 359 Å². The summed E-state index contributed by atoms with van der Waals surface area (Å²) in [5.74, 6) is 3.75. The summed E-state index contributed by atoms with van der Waals surface area (Å²) < 4.78 is 75.2. The molecule has 3 aromatic rings. The number of hydrogen-bond donors (Lipinski definition) is 0. The van der Waals surface area contributed by atoms with Crippen LogP contribution in [0.25, 0.3) is 0 Å². The largest absolute Gasteiger partial charge is 0.368 e. The molecule has 0 aromatic heterocycles. The van der Waals surface area contributed by atoms with Crippen molar-refractivity contribution in [3.05, 3.63) is 129 Å². The highest BCUT2D eigenvalue weighted by atomic mass is 32.2. The first kappa shape index (κ1) is 92.5. The maximum Gasteiger partial charge on any atom is 0.192 e. The first-order valence-corrected chi connectivity index (χ1v) is 43.9. The van der Waals surface area contributed by atoms with Crippen LogP contribution in [0, 0.1) is 63.1 Å². The standard InChI is InChI=1S/C19H28O2.C17H30O2.C15H26O2.C13H16O2.C13H18O2.C11H22O2.C8H16OS/c1-13-12-20-19(6,21-13)14-7-8-15-16(11-14)18(4,5)10-9-17(15,2)3;1-6-14(4)17(5)10-18-16(19-11-17)15-8-7-12(2)9-13(15)3;1-10-6-7-11-12(13(11,2)3)15(10)8-16-14(4,5)17-9-15;1-8-12-7-10-5-3-4-6-11(10)13(12)15-9(2)14-8;1-10-9-13(3,15-11(2)14-10)12-7-5-4-6-8-12;1-9(2)7-8-11(3,4)10(12-5)13-6;1-3-4-8-5-6-9-7(2)10-8/h7-8,11,13H,9-10,12H2,1-6H3;9,13-16H,6-8,10-11H2,1-5H3;10-12H,6-9H2,1-5H3;3-6,8-9,12-13H,7H2,1-2H3;4-8,10-11H,9H2,1-3H3;7,10H,8H2,1-6H3;7-8H,3-6H2,1-2H3/t;;10?,11-,12+;;;;/m..1..../s1. The van der Waals surface area contributed by atoms with Gasteiger partial charge in [-0.2, -0.15) is 0 Å². The van der Waals surface area contributed by atoms with Gasteiger partial charge in [0.25, 0.3) is 0 Å². The molecule has 6 aliphatic heterocycles. The number of ether oxygens (including phenoxy) is 13. The van der Waals surface area contributed by atoms with E-state index in [1.807, 2.05) is 52.4 Å². The van der Waals surface area contributed by atoms with Gasteiger partial charge in [-0.25, -0.2) is 0 Å². The summed E-state index contributed by atoms with van der Waals surface area (Å²) in [4.78, 5) is 0. The molecule has 0 N–H and O–H groups in total. The molecule has 13 nitrogen and oxygen atoms in total. The summed E-state index contributed by atoms with van der Waals surface area (Å²) in [5.41, 5.74) is 12.7. The van der Waals surface area contributed by atoms with Gasteiger partial charge < -0.3 is 61.6 Å². The summed E-state index contributed by atoms with van der Waals surface area (Å²) in [6, 6.07) is 25.8. The van der Waals surface area contributed by atoms with Crippen LogP contribution in [-0.4, -0.2) is 114 Å². The van der Waals surface area contributed by atoms with Crippen molar-refractivity contribution in [1.82, 2.24) is 0 Å². The summed E-state index contributed by atoms with van der Waals surface area (Å²) in [6.07, 6.45) is 20.9. The minimum Gasteiger partial charge on any atom is -0.368 e. The van der Waals surface area contributed by atoms with E-state index in [0.717, 1.165) is 80.9 Å². The smallest absolute Gasteiger partial charge is 0.192 e. The average Bonchev–Trinajstić information content (AvgIpc) is 1.52. The molecule has 624 valence electrons. The van der Waals surface area contributed by atoms with Gasteiger partial charge in [-0.15, -0.1) is 11.8 Å². The Morgan fingerprint density at radius 3 is 1.88 bits per heavy atom. The second-order valence-electron chi connectivity index (χ2n) is 38.9. The van der Waals surface area contributed by atoms with Crippen molar-refractivity contribution < 1.29 is 61.6 Å². The number of fused-ring (bicyclic) bond motifs is 6. The van der Waals surface area contributed by atoms with E-state index in [1.165, 1.54) is 103 Å². The third kappa shape index (κ3) is 23.5. The van der Waals surface area contributed by atoms with E-state index in [2.05, 4.69) is 231 Å². The predicted octanol–water partition coefficient (Wildman–Crippen LogP) is 23.9. The fourth-order valence-electron chi connectivity index (χ4n) is 19.5. The van der Waals surface area contributed by atoms with E-state index >= 15 is 0 Å². The van der Waals surface area contributed by atoms with E-state index < -0.39 is 5.79 Å². The predicted molar refractivity (Wildman–Crippen MR) is 451 cm³/mol. The lowest BCUT2D eigenvalue weighted by atomic mass is 9.63. The summed E-state index contributed by atoms with van der Waals surface area (Å²) in [6.45, 7) is 64.6. The lowest BCUT2D eigenvalue weighted by Gasteiger charge is -2.49. The first-order valence-electron chi connectivity index (χ1n) is 42.9. The molecule has 11 aliphatic rings. The van der Waals surface area contributed by atoms with Gasteiger partial charge >= 0.3 is 0 Å². The molecule has 15 unspecified atom stereocenters. The lowest BCUT2D eigenvalue weighted by molar-refractivity contribution is -0.302.